The van der Waals surface area contributed by atoms with E-state index in [1.807, 2.05) is 76.2 Å². The number of imidazole rings is 1. The molecule has 0 unspecified atom stereocenters. The van der Waals surface area contributed by atoms with E-state index in [-0.39, 0.29) is 17.6 Å². The molecule has 1 saturated heterocycles. The number of para-hydroxylation sites is 2. The third kappa shape index (κ3) is 3.72. The molecule has 4 rings (SSSR count). The van der Waals surface area contributed by atoms with Crippen LogP contribution in [0.4, 0.5) is 0 Å². The standard InChI is InChI=1S/C22H23N3O2/c26-21(12-6-9-17-7-2-1-3-8-17)24-15-13-18(14-16-24)25-20-11-5-4-10-19(20)23-22(25)27/h1-11,18H,12-16H2,(H,23,27)/b9-6+. The maximum atomic E-state index is 12.5. The lowest BCUT2D eigenvalue weighted by Crippen LogP contribution is -2.40. The van der Waals surface area contributed by atoms with Gasteiger partial charge in [0.25, 0.3) is 0 Å². The van der Waals surface area contributed by atoms with Crippen molar-refractivity contribution < 1.29 is 4.79 Å². The number of hydrogen-bond donors (Lipinski definition) is 1. The molecule has 2 aromatic carbocycles. The molecule has 0 radical (unpaired) electrons. The Balaban J connectivity index is 1.37. The van der Waals surface area contributed by atoms with E-state index in [1.54, 1.807) is 0 Å². The Bertz CT molecular complexity index is 1010. The number of fused-ring (bicyclic) bond motifs is 1. The molecule has 0 spiro atoms. The molecule has 5 heteroatoms. The summed E-state index contributed by atoms with van der Waals surface area (Å²) in [4.78, 5) is 29.6. The van der Waals surface area contributed by atoms with Crippen molar-refractivity contribution in [2.75, 3.05) is 13.1 Å². The molecular formula is C22H23N3O2. The number of rotatable bonds is 4. The van der Waals surface area contributed by atoms with E-state index in [0.717, 1.165) is 29.4 Å². The van der Waals surface area contributed by atoms with Crippen LogP contribution in [0.1, 0.15) is 30.9 Å². The number of hydrogen-bond acceptors (Lipinski definition) is 2. The Kier molecular flexibility index (Phi) is 4.92. The number of aromatic nitrogens is 2. The summed E-state index contributed by atoms with van der Waals surface area (Å²) >= 11 is 0. The predicted molar refractivity (Wildman–Crippen MR) is 108 cm³/mol. The van der Waals surface area contributed by atoms with Crippen LogP contribution in [0, 0.1) is 0 Å². The number of carbonyl (C=O) groups is 1. The number of nitrogens with one attached hydrogen (secondary N) is 1. The molecule has 27 heavy (non-hydrogen) atoms. The molecule has 1 N–H and O–H groups in total. The minimum Gasteiger partial charge on any atom is -0.342 e. The quantitative estimate of drug-likeness (QED) is 0.772. The fourth-order valence-corrected chi connectivity index (χ4v) is 3.80. The summed E-state index contributed by atoms with van der Waals surface area (Å²) < 4.78 is 1.85. The molecule has 1 aliphatic heterocycles. The third-order valence-corrected chi connectivity index (χ3v) is 5.21. The van der Waals surface area contributed by atoms with E-state index < -0.39 is 0 Å². The Hall–Kier alpha value is -3.08. The Labute approximate surface area is 157 Å². The number of carbonyl (C=O) groups excluding carboxylic acids is 1. The van der Waals surface area contributed by atoms with E-state index in [0.29, 0.717) is 19.5 Å². The zero-order chi connectivity index (χ0) is 18.6. The van der Waals surface area contributed by atoms with Gasteiger partial charge in [0.15, 0.2) is 0 Å². The number of H-pyrrole nitrogens is 1. The number of likely N-dealkylation sites (tertiary alicyclic amines) is 1. The lowest BCUT2D eigenvalue weighted by molar-refractivity contribution is -0.131. The fraction of sp³-hybridized carbons (Fsp3) is 0.273. The first-order valence-corrected chi connectivity index (χ1v) is 9.41. The summed E-state index contributed by atoms with van der Waals surface area (Å²) in [7, 11) is 0. The average molecular weight is 361 g/mol. The van der Waals surface area contributed by atoms with Gasteiger partial charge in [-0.25, -0.2) is 4.79 Å². The van der Waals surface area contributed by atoms with Crippen molar-refractivity contribution in [2.45, 2.75) is 25.3 Å². The molecule has 0 bridgehead atoms. The number of benzene rings is 2. The van der Waals surface area contributed by atoms with E-state index in [4.69, 9.17) is 0 Å². The zero-order valence-corrected chi connectivity index (χ0v) is 15.2. The minimum atomic E-state index is -0.0632. The van der Waals surface area contributed by atoms with Crippen molar-refractivity contribution in [3.63, 3.8) is 0 Å². The van der Waals surface area contributed by atoms with E-state index in [9.17, 15) is 9.59 Å². The van der Waals surface area contributed by atoms with Gasteiger partial charge < -0.3 is 9.88 Å². The lowest BCUT2D eigenvalue weighted by Gasteiger charge is -2.32. The Morgan fingerprint density at radius 1 is 1.04 bits per heavy atom. The van der Waals surface area contributed by atoms with Crippen LogP contribution in [0.15, 0.2) is 65.5 Å². The fourth-order valence-electron chi connectivity index (χ4n) is 3.80. The van der Waals surface area contributed by atoms with Gasteiger partial charge in [-0.15, -0.1) is 0 Å². The van der Waals surface area contributed by atoms with Crippen LogP contribution in [-0.2, 0) is 4.79 Å². The van der Waals surface area contributed by atoms with Gasteiger partial charge in [-0.1, -0.05) is 54.6 Å². The van der Waals surface area contributed by atoms with Crippen LogP contribution >= 0.6 is 0 Å². The summed E-state index contributed by atoms with van der Waals surface area (Å²) in [5.41, 5.74) is 2.85. The summed E-state index contributed by atoms with van der Waals surface area (Å²) in [5, 5.41) is 0. The lowest BCUT2D eigenvalue weighted by atomic mass is 10.0. The van der Waals surface area contributed by atoms with Gasteiger partial charge in [-0.2, -0.15) is 0 Å². The van der Waals surface area contributed by atoms with Crippen LogP contribution < -0.4 is 5.69 Å². The molecule has 3 aromatic rings. The first kappa shape index (κ1) is 17.3. The van der Waals surface area contributed by atoms with E-state index >= 15 is 0 Å². The molecular weight excluding hydrogens is 338 g/mol. The van der Waals surface area contributed by atoms with Crippen molar-refractivity contribution in [3.05, 3.63) is 76.7 Å². The highest BCUT2D eigenvalue weighted by Crippen LogP contribution is 2.25. The SMILES string of the molecule is O=C(C/C=C/c1ccccc1)N1CCC(n2c(=O)[nH]c3ccccc32)CC1. The maximum absolute atomic E-state index is 12.5. The van der Waals surface area contributed by atoms with Crippen LogP contribution in [0.25, 0.3) is 17.1 Å². The molecule has 2 heterocycles. The predicted octanol–water partition coefficient (Wildman–Crippen LogP) is 3.60. The van der Waals surface area contributed by atoms with Gasteiger partial charge in [0.2, 0.25) is 5.91 Å². The van der Waals surface area contributed by atoms with Crippen molar-refractivity contribution in [1.82, 2.24) is 14.5 Å². The van der Waals surface area contributed by atoms with Crippen molar-refractivity contribution >= 4 is 23.0 Å². The van der Waals surface area contributed by atoms with Gasteiger partial charge >= 0.3 is 5.69 Å². The molecule has 1 amide bonds. The molecule has 1 aliphatic rings. The highest BCUT2D eigenvalue weighted by atomic mass is 16.2. The van der Waals surface area contributed by atoms with Crippen LogP contribution in [0.3, 0.4) is 0 Å². The smallest absolute Gasteiger partial charge is 0.326 e. The van der Waals surface area contributed by atoms with E-state index in [2.05, 4.69) is 4.98 Å². The molecule has 0 saturated carbocycles. The summed E-state index contributed by atoms with van der Waals surface area (Å²) in [5.74, 6) is 0.145. The monoisotopic (exact) mass is 361 g/mol. The van der Waals surface area contributed by atoms with Crippen molar-refractivity contribution in [1.29, 1.82) is 0 Å². The highest BCUT2D eigenvalue weighted by molar-refractivity contribution is 5.79. The van der Waals surface area contributed by atoms with Crippen LogP contribution in [-0.4, -0.2) is 33.4 Å². The largest absolute Gasteiger partial charge is 0.342 e. The molecule has 0 atom stereocenters. The maximum Gasteiger partial charge on any atom is 0.326 e. The first-order chi connectivity index (χ1) is 13.2. The molecule has 138 valence electrons. The second kappa shape index (κ2) is 7.66. The minimum absolute atomic E-state index is 0.0632. The Morgan fingerprint density at radius 2 is 1.74 bits per heavy atom. The number of amides is 1. The molecule has 1 aromatic heterocycles. The average Bonchev–Trinajstić information content (AvgIpc) is 3.04. The number of aromatic amines is 1. The topological polar surface area (TPSA) is 58.1 Å². The zero-order valence-electron chi connectivity index (χ0n) is 15.2. The first-order valence-electron chi connectivity index (χ1n) is 9.41. The normalized spacial score (nSPS) is 15.6. The highest BCUT2D eigenvalue weighted by Gasteiger charge is 2.25. The van der Waals surface area contributed by atoms with Crippen LogP contribution in [0.5, 0.6) is 0 Å². The van der Waals surface area contributed by atoms with E-state index in [1.165, 1.54) is 0 Å². The van der Waals surface area contributed by atoms with Gasteiger partial charge in [0.1, 0.15) is 0 Å². The second-order valence-corrected chi connectivity index (χ2v) is 6.95. The van der Waals surface area contributed by atoms with Gasteiger partial charge in [-0.05, 0) is 30.5 Å². The van der Waals surface area contributed by atoms with Crippen molar-refractivity contribution in [3.8, 4) is 0 Å². The summed E-state index contributed by atoms with van der Waals surface area (Å²) in [6, 6.07) is 17.9. The summed E-state index contributed by atoms with van der Waals surface area (Å²) in [6.45, 7) is 1.38. The molecule has 0 aliphatic carbocycles. The number of piperidine rings is 1. The summed E-state index contributed by atoms with van der Waals surface area (Å²) in [6.07, 6.45) is 5.92. The Morgan fingerprint density at radius 3 is 2.52 bits per heavy atom. The van der Waals surface area contributed by atoms with Crippen LogP contribution in [0.2, 0.25) is 0 Å². The third-order valence-electron chi connectivity index (χ3n) is 5.21. The molecule has 5 nitrogen and oxygen atoms in total. The van der Waals surface area contributed by atoms with Crippen molar-refractivity contribution in [2.24, 2.45) is 0 Å². The van der Waals surface area contributed by atoms with Gasteiger partial charge in [0, 0.05) is 25.6 Å². The number of nitrogens with zero attached hydrogens (tertiary/aromatic N) is 2. The second-order valence-electron chi connectivity index (χ2n) is 6.95. The molecule has 1 fully saturated rings. The van der Waals surface area contributed by atoms with Gasteiger partial charge in [0.05, 0.1) is 11.0 Å². The van der Waals surface area contributed by atoms with Gasteiger partial charge in [-0.3, -0.25) is 9.36 Å².